The largest absolute Gasteiger partial charge is 0.493 e. The van der Waals surface area contributed by atoms with E-state index in [-0.39, 0.29) is 5.56 Å². The molecule has 0 saturated heterocycles. The number of methoxy groups -OCH3 is 1. The molecule has 5 rings (SSSR count). The van der Waals surface area contributed by atoms with Gasteiger partial charge in [0.05, 0.1) is 11.6 Å². The number of nitrogens with zero attached hydrogens (tertiary/aromatic N) is 3. The van der Waals surface area contributed by atoms with E-state index in [4.69, 9.17) is 14.2 Å². The van der Waals surface area contributed by atoms with E-state index in [0.717, 1.165) is 22.4 Å². The number of hydrogen-bond donors (Lipinski definition) is 0. The van der Waals surface area contributed by atoms with Crippen molar-refractivity contribution < 1.29 is 14.2 Å². The summed E-state index contributed by atoms with van der Waals surface area (Å²) in [5.41, 5.74) is 2.47. The summed E-state index contributed by atoms with van der Waals surface area (Å²) >= 11 is 1.29. The summed E-state index contributed by atoms with van der Waals surface area (Å²) in [4.78, 5) is 18.1. The van der Waals surface area contributed by atoms with E-state index in [1.165, 1.54) is 15.9 Å². The molecule has 0 aliphatic heterocycles. The third kappa shape index (κ3) is 4.99. The minimum atomic E-state index is -0.219. The predicted molar refractivity (Wildman–Crippen MR) is 141 cm³/mol. The van der Waals surface area contributed by atoms with E-state index in [1.54, 1.807) is 19.3 Å². The SMILES string of the molecule is C=CCOc1ccc(-c2nc3sc(=Cc4ccc(OCc5ccccc5)c(OC)c4)c(=O)n3n2)cc1. The maximum absolute atomic E-state index is 13.0. The standard InChI is InChI=1S/C28H23N3O4S/c1-3-15-34-22-12-10-21(11-13-22)26-29-28-31(30-26)27(32)25(36-28)17-20-9-14-23(24(16-20)33-2)35-18-19-7-5-4-6-8-19/h3-14,16-17H,1,15,18H2,2H3. The molecule has 3 aromatic carbocycles. The molecule has 7 nitrogen and oxygen atoms in total. The second kappa shape index (κ2) is 10.5. The number of fused-ring (bicyclic) bond motifs is 1. The van der Waals surface area contributed by atoms with E-state index in [1.807, 2.05) is 72.8 Å². The fourth-order valence-electron chi connectivity index (χ4n) is 3.59. The van der Waals surface area contributed by atoms with E-state index < -0.39 is 0 Å². The molecule has 0 aliphatic carbocycles. The number of aromatic nitrogens is 3. The topological polar surface area (TPSA) is 75.0 Å². The minimum Gasteiger partial charge on any atom is -0.493 e. The Bertz CT molecular complexity index is 1610. The maximum atomic E-state index is 13.0. The van der Waals surface area contributed by atoms with Crippen molar-refractivity contribution in [2.75, 3.05) is 13.7 Å². The molecule has 0 unspecified atom stereocenters. The van der Waals surface area contributed by atoms with Crippen molar-refractivity contribution in [1.29, 1.82) is 0 Å². The zero-order chi connectivity index (χ0) is 24.9. The van der Waals surface area contributed by atoms with Gasteiger partial charge in [-0.1, -0.05) is 60.4 Å². The quantitative estimate of drug-likeness (QED) is 0.279. The molecule has 36 heavy (non-hydrogen) atoms. The van der Waals surface area contributed by atoms with Crippen LogP contribution in [0.3, 0.4) is 0 Å². The van der Waals surface area contributed by atoms with E-state index >= 15 is 0 Å². The number of benzene rings is 3. The molecule has 2 aromatic heterocycles. The van der Waals surface area contributed by atoms with Gasteiger partial charge in [-0.3, -0.25) is 4.79 Å². The summed E-state index contributed by atoms with van der Waals surface area (Å²) in [6.45, 7) is 4.51. The first-order valence-corrected chi connectivity index (χ1v) is 12.1. The summed E-state index contributed by atoms with van der Waals surface area (Å²) in [6, 6.07) is 22.9. The predicted octanol–water partition coefficient (Wildman–Crippen LogP) is 4.52. The maximum Gasteiger partial charge on any atom is 0.291 e. The van der Waals surface area contributed by atoms with Crippen LogP contribution in [0, 0.1) is 0 Å². The number of ether oxygens (including phenoxy) is 3. The molecular formula is C28H23N3O4S. The van der Waals surface area contributed by atoms with Crippen molar-refractivity contribution in [2.45, 2.75) is 6.61 Å². The Hall–Kier alpha value is -4.43. The van der Waals surface area contributed by atoms with Crippen molar-refractivity contribution in [2.24, 2.45) is 0 Å². The fraction of sp³-hybridized carbons (Fsp3) is 0.107. The van der Waals surface area contributed by atoms with Gasteiger partial charge in [-0.15, -0.1) is 5.10 Å². The number of thiazole rings is 1. The van der Waals surface area contributed by atoms with E-state index in [0.29, 0.717) is 40.0 Å². The third-order valence-electron chi connectivity index (χ3n) is 5.38. The van der Waals surface area contributed by atoms with Gasteiger partial charge in [0.25, 0.3) is 5.56 Å². The van der Waals surface area contributed by atoms with Crippen LogP contribution in [0.5, 0.6) is 17.2 Å². The molecule has 0 bridgehead atoms. The summed E-state index contributed by atoms with van der Waals surface area (Å²) in [6.07, 6.45) is 3.49. The zero-order valence-electron chi connectivity index (χ0n) is 19.6. The number of hydrogen-bond acceptors (Lipinski definition) is 7. The first-order chi connectivity index (χ1) is 17.6. The molecule has 0 radical (unpaired) electrons. The van der Waals surface area contributed by atoms with Crippen LogP contribution in [0.25, 0.3) is 22.4 Å². The Morgan fingerprint density at radius 1 is 1.00 bits per heavy atom. The van der Waals surface area contributed by atoms with Crippen LogP contribution in [-0.2, 0) is 6.61 Å². The molecule has 0 fully saturated rings. The summed E-state index contributed by atoms with van der Waals surface area (Å²) in [5, 5.41) is 4.42. The molecule has 5 aromatic rings. The van der Waals surface area contributed by atoms with Gasteiger partial charge in [-0.25, -0.2) is 0 Å². The van der Waals surface area contributed by atoms with Gasteiger partial charge in [0, 0.05) is 5.56 Å². The smallest absolute Gasteiger partial charge is 0.291 e. The monoisotopic (exact) mass is 497 g/mol. The van der Waals surface area contributed by atoms with Crippen molar-refractivity contribution in [3.63, 3.8) is 0 Å². The lowest BCUT2D eigenvalue weighted by atomic mass is 10.2. The third-order valence-corrected chi connectivity index (χ3v) is 6.34. The minimum absolute atomic E-state index is 0.219. The molecule has 2 heterocycles. The van der Waals surface area contributed by atoms with Gasteiger partial charge in [0.1, 0.15) is 19.0 Å². The van der Waals surface area contributed by atoms with E-state index in [9.17, 15) is 4.79 Å². The Balaban J connectivity index is 1.38. The average molecular weight is 498 g/mol. The van der Waals surface area contributed by atoms with Crippen LogP contribution in [0.1, 0.15) is 11.1 Å². The second-order valence-electron chi connectivity index (χ2n) is 7.85. The Morgan fingerprint density at radius 2 is 1.81 bits per heavy atom. The van der Waals surface area contributed by atoms with Gasteiger partial charge < -0.3 is 14.2 Å². The van der Waals surface area contributed by atoms with Crippen LogP contribution in [0.15, 0.2) is 90.2 Å². The molecule has 0 N–H and O–H groups in total. The lowest BCUT2D eigenvalue weighted by Crippen LogP contribution is -2.23. The van der Waals surface area contributed by atoms with Crippen molar-refractivity contribution >= 4 is 22.4 Å². The Morgan fingerprint density at radius 3 is 2.53 bits per heavy atom. The lowest BCUT2D eigenvalue weighted by Gasteiger charge is -2.11. The fourth-order valence-corrected chi connectivity index (χ4v) is 4.50. The molecule has 0 amide bonds. The van der Waals surface area contributed by atoms with Crippen molar-refractivity contribution in [1.82, 2.24) is 14.6 Å². The van der Waals surface area contributed by atoms with Crippen LogP contribution in [-0.4, -0.2) is 28.3 Å². The number of rotatable bonds is 9. The molecule has 180 valence electrons. The Labute approximate surface area is 211 Å². The molecule has 0 spiro atoms. The average Bonchev–Trinajstić information content (AvgIpc) is 3.46. The first-order valence-electron chi connectivity index (χ1n) is 11.2. The van der Waals surface area contributed by atoms with Gasteiger partial charge in [0.15, 0.2) is 17.3 Å². The first kappa shape index (κ1) is 23.3. The van der Waals surface area contributed by atoms with E-state index in [2.05, 4.69) is 16.7 Å². The van der Waals surface area contributed by atoms with Crippen molar-refractivity contribution in [3.05, 3.63) is 111 Å². The van der Waals surface area contributed by atoms with Gasteiger partial charge in [-0.05, 0) is 53.6 Å². The van der Waals surface area contributed by atoms with Gasteiger partial charge in [-0.2, -0.15) is 9.50 Å². The summed E-state index contributed by atoms with van der Waals surface area (Å²) < 4.78 is 18.8. The summed E-state index contributed by atoms with van der Waals surface area (Å²) in [7, 11) is 1.59. The zero-order valence-corrected chi connectivity index (χ0v) is 20.4. The van der Waals surface area contributed by atoms with Crippen molar-refractivity contribution in [3.8, 4) is 28.6 Å². The highest BCUT2D eigenvalue weighted by Crippen LogP contribution is 2.29. The van der Waals surface area contributed by atoms with Crippen LogP contribution >= 0.6 is 11.3 Å². The van der Waals surface area contributed by atoms with Crippen LogP contribution in [0.2, 0.25) is 0 Å². The molecule has 0 atom stereocenters. The second-order valence-corrected chi connectivity index (χ2v) is 8.86. The van der Waals surface area contributed by atoms with Gasteiger partial charge in [0.2, 0.25) is 4.96 Å². The van der Waals surface area contributed by atoms with Crippen LogP contribution in [0.4, 0.5) is 0 Å². The highest BCUT2D eigenvalue weighted by Gasteiger charge is 2.13. The molecule has 0 aliphatic rings. The van der Waals surface area contributed by atoms with Crippen LogP contribution < -0.4 is 24.3 Å². The van der Waals surface area contributed by atoms with Gasteiger partial charge >= 0.3 is 0 Å². The normalized spacial score (nSPS) is 11.5. The molecule has 8 heteroatoms. The Kier molecular flexibility index (Phi) is 6.77. The molecular weight excluding hydrogens is 474 g/mol. The lowest BCUT2D eigenvalue weighted by molar-refractivity contribution is 0.284. The highest BCUT2D eigenvalue weighted by atomic mass is 32.1. The summed E-state index contributed by atoms with van der Waals surface area (Å²) in [5.74, 6) is 2.44. The highest BCUT2D eigenvalue weighted by molar-refractivity contribution is 7.15. The molecule has 0 saturated carbocycles.